The predicted octanol–water partition coefficient (Wildman–Crippen LogP) is -1.25. The predicted molar refractivity (Wildman–Crippen MR) is 64.0 cm³/mol. The lowest BCUT2D eigenvalue weighted by molar-refractivity contribution is -0.117. The number of aromatic nitrogens is 1. The van der Waals surface area contributed by atoms with E-state index in [1.165, 1.54) is 11.1 Å². The number of carbonyl (C=O) groups is 2. The summed E-state index contributed by atoms with van der Waals surface area (Å²) < 4.78 is 0. The van der Waals surface area contributed by atoms with Gasteiger partial charge >= 0.3 is 0 Å². The van der Waals surface area contributed by atoms with Gasteiger partial charge in [-0.05, 0) is 18.6 Å². The fraction of sp³-hybridized carbons (Fsp3) is 0.300. The molecule has 1 aromatic heterocycles. The van der Waals surface area contributed by atoms with Crippen molar-refractivity contribution in [2.45, 2.75) is 6.92 Å². The first-order valence-corrected chi connectivity index (χ1v) is 4.94. The number of pyridine rings is 1. The van der Waals surface area contributed by atoms with Crippen LogP contribution in [0.4, 0.5) is 11.5 Å². The van der Waals surface area contributed by atoms with Crippen molar-refractivity contribution in [2.24, 2.45) is 11.5 Å². The van der Waals surface area contributed by atoms with E-state index < -0.39 is 11.8 Å². The first-order valence-electron chi connectivity index (χ1n) is 4.94. The Labute approximate surface area is 98.6 Å². The molecule has 7 nitrogen and oxygen atoms in total. The van der Waals surface area contributed by atoms with Gasteiger partial charge in [-0.3, -0.25) is 9.59 Å². The minimum atomic E-state index is -0.589. The van der Waals surface area contributed by atoms with Gasteiger partial charge in [0, 0.05) is 6.20 Å². The van der Waals surface area contributed by atoms with Crippen LogP contribution in [0.3, 0.4) is 0 Å². The summed E-state index contributed by atoms with van der Waals surface area (Å²) in [6.07, 6.45) is 1.54. The SMILES string of the molecule is Cc1ccnc(N(CC(N)=O)CC(N)=O)c1N. The van der Waals surface area contributed by atoms with Crippen LogP contribution in [0.1, 0.15) is 5.56 Å². The zero-order valence-electron chi connectivity index (χ0n) is 9.51. The molecular weight excluding hydrogens is 222 g/mol. The quantitative estimate of drug-likeness (QED) is 0.589. The maximum Gasteiger partial charge on any atom is 0.237 e. The van der Waals surface area contributed by atoms with E-state index in [1.54, 1.807) is 13.0 Å². The molecule has 1 rings (SSSR count). The summed E-state index contributed by atoms with van der Waals surface area (Å²) in [7, 11) is 0. The molecule has 0 bridgehead atoms. The Morgan fingerprint density at radius 3 is 2.29 bits per heavy atom. The van der Waals surface area contributed by atoms with Crippen molar-refractivity contribution in [2.75, 3.05) is 23.7 Å². The van der Waals surface area contributed by atoms with Crippen LogP contribution in [-0.2, 0) is 9.59 Å². The summed E-state index contributed by atoms with van der Waals surface area (Å²) in [6.45, 7) is 1.47. The average Bonchev–Trinajstić information content (AvgIpc) is 2.19. The third-order valence-corrected chi connectivity index (χ3v) is 2.18. The van der Waals surface area contributed by atoms with Crippen LogP contribution < -0.4 is 22.1 Å². The van der Waals surface area contributed by atoms with Crippen molar-refractivity contribution in [3.63, 3.8) is 0 Å². The van der Waals surface area contributed by atoms with Gasteiger partial charge in [0.05, 0.1) is 18.8 Å². The summed E-state index contributed by atoms with van der Waals surface area (Å²) in [5, 5.41) is 0. The number of nitrogens with zero attached hydrogens (tertiary/aromatic N) is 2. The molecule has 0 aliphatic rings. The Kier molecular flexibility index (Phi) is 3.86. The number of primary amides is 2. The molecule has 6 N–H and O–H groups in total. The Morgan fingerprint density at radius 1 is 1.29 bits per heavy atom. The van der Waals surface area contributed by atoms with E-state index >= 15 is 0 Å². The minimum absolute atomic E-state index is 0.163. The molecule has 7 heteroatoms. The average molecular weight is 237 g/mol. The molecule has 92 valence electrons. The van der Waals surface area contributed by atoms with Crippen molar-refractivity contribution in [3.8, 4) is 0 Å². The Bertz CT molecular complexity index is 430. The van der Waals surface area contributed by atoms with Crippen LogP contribution in [0, 0.1) is 6.92 Å². The van der Waals surface area contributed by atoms with E-state index in [0.717, 1.165) is 5.56 Å². The molecule has 0 fully saturated rings. The summed E-state index contributed by atoms with van der Waals surface area (Å²) in [6, 6.07) is 1.73. The molecule has 0 radical (unpaired) electrons. The van der Waals surface area contributed by atoms with Crippen LogP contribution in [-0.4, -0.2) is 29.9 Å². The largest absolute Gasteiger partial charge is 0.396 e. The lowest BCUT2D eigenvalue weighted by atomic mass is 10.2. The van der Waals surface area contributed by atoms with Gasteiger partial charge in [-0.1, -0.05) is 0 Å². The Morgan fingerprint density at radius 2 is 1.82 bits per heavy atom. The van der Waals surface area contributed by atoms with E-state index in [4.69, 9.17) is 17.2 Å². The first kappa shape index (κ1) is 12.8. The molecule has 17 heavy (non-hydrogen) atoms. The van der Waals surface area contributed by atoms with Crippen LogP contribution in [0.15, 0.2) is 12.3 Å². The highest BCUT2D eigenvalue weighted by Crippen LogP contribution is 2.22. The lowest BCUT2D eigenvalue weighted by Crippen LogP contribution is -2.40. The van der Waals surface area contributed by atoms with Crippen molar-refractivity contribution < 1.29 is 9.59 Å². The van der Waals surface area contributed by atoms with Crippen molar-refractivity contribution >= 4 is 23.3 Å². The standard InChI is InChI=1S/C10H15N5O2/c1-6-2-3-14-10(9(6)13)15(4-7(11)16)5-8(12)17/h2-3H,4-5,13H2,1H3,(H2,11,16)(H2,12,17). The second kappa shape index (κ2) is 5.15. The van der Waals surface area contributed by atoms with Crippen molar-refractivity contribution in [1.29, 1.82) is 0 Å². The number of hydrogen-bond donors (Lipinski definition) is 3. The van der Waals surface area contributed by atoms with Gasteiger partial charge in [-0.25, -0.2) is 4.98 Å². The molecule has 1 heterocycles. The molecule has 0 saturated heterocycles. The van der Waals surface area contributed by atoms with E-state index in [-0.39, 0.29) is 13.1 Å². The van der Waals surface area contributed by atoms with Crippen molar-refractivity contribution in [3.05, 3.63) is 17.8 Å². The van der Waals surface area contributed by atoms with Gasteiger partial charge in [-0.15, -0.1) is 0 Å². The molecule has 0 atom stereocenters. The molecule has 0 aliphatic heterocycles. The molecule has 0 unspecified atom stereocenters. The topological polar surface area (TPSA) is 128 Å². The van der Waals surface area contributed by atoms with Gasteiger partial charge in [0.2, 0.25) is 11.8 Å². The number of rotatable bonds is 5. The van der Waals surface area contributed by atoms with Crippen LogP contribution in [0.2, 0.25) is 0 Å². The van der Waals surface area contributed by atoms with Gasteiger partial charge < -0.3 is 22.1 Å². The number of amides is 2. The van der Waals surface area contributed by atoms with Gasteiger partial charge in [-0.2, -0.15) is 0 Å². The monoisotopic (exact) mass is 237 g/mol. The Balaban J connectivity index is 3.07. The summed E-state index contributed by atoms with van der Waals surface area (Å²) in [4.78, 5) is 27.2. The smallest absolute Gasteiger partial charge is 0.237 e. The summed E-state index contributed by atoms with van der Waals surface area (Å²) in [5.41, 5.74) is 17.2. The molecule has 0 aromatic carbocycles. The van der Waals surface area contributed by atoms with E-state index in [2.05, 4.69) is 4.98 Å². The van der Waals surface area contributed by atoms with Gasteiger partial charge in [0.1, 0.15) is 0 Å². The number of aryl methyl sites for hydroxylation is 1. The third kappa shape index (κ3) is 3.33. The second-order valence-electron chi connectivity index (χ2n) is 3.65. The summed E-state index contributed by atoms with van der Waals surface area (Å²) in [5.74, 6) is -0.842. The molecule has 2 amide bonds. The van der Waals surface area contributed by atoms with Crippen LogP contribution in [0.25, 0.3) is 0 Å². The number of hydrogen-bond acceptors (Lipinski definition) is 5. The Hall–Kier alpha value is -2.31. The molecular formula is C10H15N5O2. The lowest BCUT2D eigenvalue weighted by Gasteiger charge is -2.22. The van der Waals surface area contributed by atoms with E-state index in [0.29, 0.717) is 11.5 Å². The maximum absolute atomic E-state index is 10.9. The number of anilines is 2. The van der Waals surface area contributed by atoms with E-state index in [1.807, 2.05) is 0 Å². The molecule has 0 aliphatic carbocycles. The number of carbonyl (C=O) groups excluding carboxylic acids is 2. The summed E-state index contributed by atoms with van der Waals surface area (Å²) >= 11 is 0. The highest BCUT2D eigenvalue weighted by Gasteiger charge is 2.16. The highest BCUT2D eigenvalue weighted by atomic mass is 16.2. The minimum Gasteiger partial charge on any atom is -0.396 e. The zero-order chi connectivity index (χ0) is 13.0. The zero-order valence-corrected chi connectivity index (χ0v) is 9.51. The molecule has 0 saturated carbocycles. The normalized spacial score (nSPS) is 9.94. The van der Waals surface area contributed by atoms with Crippen molar-refractivity contribution in [1.82, 2.24) is 4.98 Å². The molecule has 0 spiro atoms. The fourth-order valence-corrected chi connectivity index (χ4v) is 1.39. The number of nitrogen functional groups attached to an aromatic ring is 1. The highest BCUT2D eigenvalue weighted by molar-refractivity contribution is 5.86. The van der Waals surface area contributed by atoms with Crippen LogP contribution >= 0.6 is 0 Å². The van der Waals surface area contributed by atoms with E-state index in [9.17, 15) is 9.59 Å². The van der Waals surface area contributed by atoms with Gasteiger partial charge in [0.15, 0.2) is 5.82 Å². The maximum atomic E-state index is 10.9. The molecule has 1 aromatic rings. The fourth-order valence-electron chi connectivity index (χ4n) is 1.39. The number of nitrogens with two attached hydrogens (primary N) is 3. The van der Waals surface area contributed by atoms with Crippen LogP contribution in [0.5, 0.6) is 0 Å². The second-order valence-corrected chi connectivity index (χ2v) is 3.65. The van der Waals surface area contributed by atoms with Gasteiger partial charge in [0.25, 0.3) is 0 Å². The first-order chi connectivity index (χ1) is 7.91. The third-order valence-electron chi connectivity index (χ3n) is 2.18.